The number of halogens is 2. The number of fused-ring (bicyclic) bond motifs is 1. The Bertz CT molecular complexity index is 581. The summed E-state index contributed by atoms with van der Waals surface area (Å²) >= 11 is 0. The van der Waals surface area contributed by atoms with Crippen LogP contribution in [0.5, 0.6) is 0 Å². The molecule has 0 atom stereocenters. The summed E-state index contributed by atoms with van der Waals surface area (Å²) in [4.78, 5) is 2.05. The second-order valence-electron chi connectivity index (χ2n) is 6.03. The average molecular weight is 293 g/mol. The van der Waals surface area contributed by atoms with Gasteiger partial charge in [-0.2, -0.15) is 0 Å². The monoisotopic (exact) mass is 293 g/mol. The predicted octanol–water partition coefficient (Wildman–Crippen LogP) is 3.19. The molecule has 0 radical (unpaired) electrons. The molecule has 3 rings (SSSR count). The van der Waals surface area contributed by atoms with Crippen LogP contribution < -0.4 is 10.3 Å². The molecule has 0 bridgehead atoms. The van der Waals surface area contributed by atoms with E-state index >= 15 is 0 Å². The topological polar surface area (TPSA) is 18.5 Å². The Labute approximate surface area is 124 Å². The van der Waals surface area contributed by atoms with Gasteiger partial charge in [-0.15, -0.1) is 0 Å². The maximum absolute atomic E-state index is 13.5. The van der Waals surface area contributed by atoms with E-state index in [2.05, 4.69) is 19.3 Å². The molecule has 1 aromatic rings. The summed E-state index contributed by atoms with van der Waals surface area (Å²) < 4.78 is 26.9. The minimum atomic E-state index is -2.45. The molecule has 3 nitrogen and oxygen atoms in total. The van der Waals surface area contributed by atoms with E-state index in [4.69, 9.17) is 0 Å². The Kier molecular flexibility index (Phi) is 3.61. The largest absolute Gasteiger partial charge is 0.374 e. The standard InChI is InChI=1S/C16H21F2N3/c1-10(2)21-9-12(8-19-21)13-6-11-4-5-20(3)15(11)7-14(13)16(17)18/h6-7,9-10,16,19H,4-5,8H2,1-3H3. The van der Waals surface area contributed by atoms with Crippen molar-refractivity contribution < 1.29 is 8.78 Å². The number of hydrazine groups is 1. The first-order valence-electron chi connectivity index (χ1n) is 7.36. The van der Waals surface area contributed by atoms with Crippen LogP contribution in [-0.4, -0.2) is 31.2 Å². The maximum atomic E-state index is 13.5. The first-order valence-corrected chi connectivity index (χ1v) is 7.36. The maximum Gasteiger partial charge on any atom is 0.264 e. The Morgan fingerprint density at radius 2 is 2.00 bits per heavy atom. The number of hydrogen-bond acceptors (Lipinski definition) is 3. The third kappa shape index (κ3) is 2.50. The zero-order chi connectivity index (χ0) is 15.1. The molecule has 2 aliphatic rings. The SMILES string of the molecule is CC(C)N1C=C(c2cc3c(cc2C(F)F)N(C)CC3)CN1. The summed E-state index contributed by atoms with van der Waals surface area (Å²) in [6, 6.07) is 3.93. The molecule has 0 saturated carbocycles. The van der Waals surface area contributed by atoms with E-state index in [1.807, 2.05) is 29.2 Å². The van der Waals surface area contributed by atoms with E-state index in [0.717, 1.165) is 24.2 Å². The van der Waals surface area contributed by atoms with Crippen molar-refractivity contribution in [2.45, 2.75) is 32.7 Å². The second-order valence-corrected chi connectivity index (χ2v) is 6.03. The van der Waals surface area contributed by atoms with Crippen LogP contribution in [0, 0.1) is 0 Å². The van der Waals surface area contributed by atoms with Gasteiger partial charge < -0.3 is 9.91 Å². The Hall–Kier alpha value is -1.62. The van der Waals surface area contributed by atoms with E-state index in [1.54, 1.807) is 6.07 Å². The second kappa shape index (κ2) is 5.30. The Balaban J connectivity index is 2.04. The number of alkyl halides is 2. The summed E-state index contributed by atoms with van der Waals surface area (Å²) in [6.45, 7) is 5.64. The molecule has 114 valence electrons. The van der Waals surface area contributed by atoms with Gasteiger partial charge >= 0.3 is 0 Å². The normalized spacial score (nSPS) is 18.0. The summed E-state index contributed by atoms with van der Waals surface area (Å²) in [5, 5.41) is 1.98. The molecule has 21 heavy (non-hydrogen) atoms. The summed E-state index contributed by atoms with van der Waals surface area (Å²) in [5.74, 6) is 0. The van der Waals surface area contributed by atoms with Gasteiger partial charge in [0.1, 0.15) is 0 Å². The van der Waals surface area contributed by atoms with Gasteiger partial charge in [-0.1, -0.05) is 0 Å². The number of hydrogen-bond donors (Lipinski definition) is 1. The van der Waals surface area contributed by atoms with Gasteiger partial charge in [0, 0.05) is 43.6 Å². The van der Waals surface area contributed by atoms with Gasteiger partial charge in [-0.05, 0) is 49.1 Å². The molecule has 0 amide bonds. The molecular formula is C16H21F2N3. The van der Waals surface area contributed by atoms with Crippen molar-refractivity contribution in [1.82, 2.24) is 10.4 Å². The molecule has 0 aromatic heterocycles. The van der Waals surface area contributed by atoms with E-state index in [9.17, 15) is 8.78 Å². The van der Waals surface area contributed by atoms with E-state index < -0.39 is 6.43 Å². The molecule has 0 saturated heterocycles. The number of likely N-dealkylation sites (N-methyl/N-ethyl adjacent to an activating group) is 1. The van der Waals surface area contributed by atoms with Crippen molar-refractivity contribution >= 4 is 11.3 Å². The van der Waals surface area contributed by atoms with E-state index in [1.165, 1.54) is 5.56 Å². The zero-order valence-electron chi connectivity index (χ0n) is 12.7. The van der Waals surface area contributed by atoms with Crippen LogP contribution in [-0.2, 0) is 6.42 Å². The summed E-state index contributed by atoms with van der Waals surface area (Å²) in [5.41, 5.74) is 7.12. The van der Waals surface area contributed by atoms with Crippen LogP contribution in [0.3, 0.4) is 0 Å². The Morgan fingerprint density at radius 1 is 1.24 bits per heavy atom. The molecule has 0 unspecified atom stereocenters. The van der Waals surface area contributed by atoms with Crippen molar-refractivity contribution in [1.29, 1.82) is 0 Å². The highest BCUT2D eigenvalue weighted by Crippen LogP contribution is 2.37. The minimum Gasteiger partial charge on any atom is -0.374 e. The average Bonchev–Trinajstić information content (AvgIpc) is 3.05. The first-order chi connectivity index (χ1) is 9.97. The van der Waals surface area contributed by atoms with Crippen LogP contribution in [0.25, 0.3) is 5.57 Å². The molecular weight excluding hydrogens is 272 g/mol. The van der Waals surface area contributed by atoms with Crippen molar-refractivity contribution in [2.75, 3.05) is 25.0 Å². The van der Waals surface area contributed by atoms with E-state index in [0.29, 0.717) is 18.2 Å². The van der Waals surface area contributed by atoms with Crippen LogP contribution in [0.2, 0.25) is 0 Å². The smallest absolute Gasteiger partial charge is 0.264 e. The highest BCUT2D eigenvalue weighted by Gasteiger charge is 2.25. The lowest BCUT2D eigenvalue weighted by Crippen LogP contribution is -2.34. The Morgan fingerprint density at radius 3 is 2.62 bits per heavy atom. The molecule has 0 spiro atoms. The van der Waals surface area contributed by atoms with Crippen LogP contribution >= 0.6 is 0 Å². The van der Waals surface area contributed by atoms with Crippen molar-refractivity contribution in [3.63, 3.8) is 0 Å². The highest BCUT2D eigenvalue weighted by molar-refractivity contribution is 5.75. The molecule has 0 aliphatic carbocycles. The van der Waals surface area contributed by atoms with Gasteiger partial charge in [0.05, 0.1) is 0 Å². The van der Waals surface area contributed by atoms with Crippen LogP contribution in [0.1, 0.15) is 37.0 Å². The van der Waals surface area contributed by atoms with Crippen molar-refractivity contribution in [2.24, 2.45) is 0 Å². The zero-order valence-corrected chi connectivity index (χ0v) is 12.7. The number of nitrogens with zero attached hydrogens (tertiary/aromatic N) is 2. The molecule has 1 N–H and O–H groups in total. The molecule has 2 aliphatic heterocycles. The third-order valence-electron chi connectivity index (χ3n) is 4.26. The third-order valence-corrected chi connectivity index (χ3v) is 4.26. The van der Waals surface area contributed by atoms with Gasteiger partial charge in [0.2, 0.25) is 0 Å². The number of anilines is 1. The lowest BCUT2D eigenvalue weighted by Gasteiger charge is -2.19. The molecule has 2 heterocycles. The first kappa shape index (κ1) is 14.3. The summed E-state index contributed by atoms with van der Waals surface area (Å²) in [6.07, 6.45) is 0.432. The van der Waals surface area contributed by atoms with Crippen molar-refractivity contribution in [3.05, 3.63) is 35.0 Å². The lowest BCUT2D eigenvalue weighted by atomic mass is 9.96. The van der Waals surface area contributed by atoms with Crippen molar-refractivity contribution in [3.8, 4) is 0 Å². The molecule has 0 fully saturated rings. The van der Waals surface area contributed by atoms with Gasteiger partial charge in [0.15, 0.2) is 0 Å². The number of nitrogens with one attached hydrogen (secondary N) is 1. The fourth-order valence-corrected chi connectivity index (χ4v) is 3.00. The lowest BCUT2D eigenvalue weighted by molar-refractivity contribution is 0.151. The fraction of sp³-hybridized carbons (Fsp3) is 0.500. The number of benzene rings is 1. The molecule has 1 aromatic carbocycles. The molecule has 5 heteroatoms. The predicted molar refractivity (Wildman–Crippen MR) is 81.3 cm³/mol. The van der Waals surface area contributed by atoms with Crippen LogP contribution in [0.4, 0.5) is 14.5 Å². The van der Waals surface area contributed by atoms with E-state index in [-0.39, 0.29) is 5.56 Å². The summed E-state index contributed by atoms with van der Waals surface area (Å²) in [7, 11) is 1.96. The van der Waals surface area contributed by atoms with Gasteiger partial charge in [-0.25, -0.2) is 14.2 Å². The number of rotatable bonds is 3. The van der Waals surface area contributed by atoms with Gasteiger partial charge in [0.25, 0.3) is 6.43 Å². The minimum absolute atomic E-state index is 0.140. The van der Waals surface area contributed by atoms with Gasteiger partial charge in [-0.3, -0.25) is 0 Å². The highest BCUT2D eigenvalue weighted by atomic mass is 19.3. The fourth-order valence-electron chi connectivity index (χ4n) is 3.00. The van der Waals surface area contributed by atoms with Crippen LogP contribution in [0.15, 0.2) is 18.3 Å². The quantitative estimate of drug-likeness (QED) is 0.923.